The van der Waals surface area contributed by atoms with E-state index in [4.69, 9.17) is 5.73 Å². The summed E-state index contributed by atoms with van der Waals surface area (Å²) in [5.41, 5.74) is 10.2. The highest BCUT2D eigenvalue weighted by Gasteiger charge is 2.14. The van der Waals surface area contributed by atoms with Crippen molar-refractivity contribution in [3.63, 3.8) is 0 Å². The van der Waals surface area contributed by atoms with Crippen molar-refractivity contribution in [2.24, 2.45) is 0 Å². The van der Waals surface area contributed by atoms with E-state index in [9.17, 15) is 0 Å². The fourth-order valence-corrected chi connectivity index (χ4v) is 5.68. The van der Waals surface area contributed by atoms with E-state index in [1.165, 1.54) is 52.9 Å². The number of hydrogen-bond donors (Lipinski definition) is 3. The number of nitrogens with zero attached hydrogens (tertiary/aromatic N) is 4. The number of benzene rings is 2. The van der Waals surface area contributed by atoms with Crippen LogP contribution in [0.25, 0.3) is 31.4 Å². The molecule has 0 radical (unpaired) electrons. The predicted octanol–water partition coefficient (Wildman–Crippen LogP) is 5.55. The molecule has 0 unspecified atom stereocenters. The molecule has 1 saturated heterocycles. The van der Waals surface area contributed by atoms with Gasteiger partial charge in [0.15, 0.2) is 0 Å². The van der Waals surface area contributed by atoms with Gasteiger partial charge in [-0.15, -0.1) is 11.3 Å². The minimum atomic E-state index is 0.245. The van der Waals surface area contributed by atoms with Gasteiger partial charge in [0, 0.05) is 39.0 Å². The molecule has 1 aliphatic rings. The van der Waals surface area contributed by atoms with Crippen LogP contribution in [0.5, 0.6) is 0 Å². The van der Waals surface area contributed by atoms with Gasteiger partial charge in [0.05, 0.1) is 11.7 Å². The van der Waals surface area contributed by atoms with Crippen molar-refractivity contribution in [1.29, 1.82) is 0 Å². The summed E-state index contributed by atoms with van der Waals surface area (Å²) in [5.74, 6) is 0.907. The number of nitrogens with one attached hydrogen (secondary N) is 2. The lowest BCUT2D eigenvalue weighted by Crippen LogP contribution is -2.28. The Kier molecular flexibility index (Phi) is 5.16. The van der Waals surface area contributed by atoms with Gasteiger partial charge in [-0.25, -0.2) is 4.98 Å². The third kappa shape index (κ3) is 4.15. The van der Waals surface area contributed by atoms with Crippen molar-refractivity contribution in [1.82, 2.24) is 25.1 Å². The summed E-state index contributed by atoms with van der Waals surface area (Å²) in [6.45, 7) is 3.46. The van der Waals surface area contributed by atoms with E-state index < -0.39 is 0 Å². The Balaban J connectivity index is 1.35. The Morgan fingerprint density at radius 2 is 1.94 bits per heavy atom. The number of rotatable bonds is 5. The third-order valence-electron chi connectivity index (χ3n) is 6.20. The number of anilines is 3. The SMILES string of the molecule is Nc1nccc(Nc2cc(-c3cc4cc(CN5CCCCC5)ccc4s3)c3[nH]ncc3c2)n1. The van der Waals surface area contributed by atoms with E-state index >= 15 is 0 Å². The van der Waals surface area contributed by atoms with E-state index in [-0.39, 0.29) is 5.95 Å². The Bertz CT molecular complexity index is 1430. The zero-order chi connectivity index (χ0) is 22.2. The first-order valence-corrected chi connectivity index (χ1v) is 12.1. The van der Waals surface area contributed by atoms with Crippen LogP contribution in [-0.2, 0) is 6.54 Å². The molecule has 0 atom stereocenters. The van der Waals surface area contributed by atoms with Crippen LogP contribution < -0.4 is 11.1 Å². The first-order chi connectivity index (χ1) is 16.2. The molecule has 6 rings (SSSR count). The number of nitrogen functional groups attached to an aromatic ring is 1. The fraction of sp³-hybridized carbons (Fsp3) is 0.240. The van der Waals surface area contributed by atoms with Crippen LogP contribution >= 0.6 is 11.3 Å². The first kappa shape index (κ1) is 20.1. The molecule has 0 aliphatic carbocycles. The van der Waals surface area contributed by atoms with Gasteiger partial charge >= 0.3 is 0 Å². The smallest absolute Gasteiger partial charge is 0.221 e. The average molecular weight is 456 g/mol. The summed E-state index contributed by atoms with van der Waals surface area (Å²) in [7, 11) is 0. The first-order valence-electron chi connectivity index (χ1n) is 11.3. The highest BCUT2D eigenvalue weighted by Crippen LogP contribution is 2.39. The van der Waals surface area contributed by atoms with Crippen molar-refractivity contribution in [3.8, 4) is 10.4 Å². The molecule has 0 spiro atoms. The van der Waals surface area contributed by atoms with Gasteiger partial charge < -0.3 is 11.1 Å². The molecule has 4 N–H and O–H groups in total. The average Bonchev–Trinajstić information content (AvgIpc) is 3.46. The lowest BCUT2D eigenvalue weighted by atomic mass is 10.1. The number of thiophene rings is 1. The highest BCUT2D eigenvalue weighted by atomic mass is 32.1. The van der Waals surface area contributed by atoms with E-state index in [1.807, 2.05) is 6.20 Å². The van der Waals surface area contributed by atoms with Crippen LogP contribution in [0.4, 0.5) is 17.5 Å². The van der Waals surface area contributed by atoms with Gasteiger partial charge in [-0.05, 0) is 73.3 Å². The largest absolute Gasteiger partial charge is 0.368 e. The van der Waals surface area contributed by atoms with Crippen molar-refractivity contribution in [2.75, 3.05) is 24.1 Å². The van der Waals surface area contributed by atoms with Crippen LogP contribution in [0.15, 0.2) is 54.9 Å². The van der Waals surface area contributed by atoms with Crippen molar-refractivity contribution in [3.05, 3.63) is 60.4 Å². The maximum Gasteiger partial charge on any atom is 0.221 e. The number of piperidine rings is 1. The number of aromatic nitrogens is 4. The lowest BCUT2D eigenvalue weighted by molar-refractivity contribution is 0.221. The Morgan fingerprint density at radius 3 is 2.82 bits per heavy atom. The molecular weight excluding hydrogens is 430 g/mol. The summed E-state index contributed by atoms with van der Waals surface area (Å²) in [5, 5.41) is 13.1. The summed E-state index contributed by atoms with van der Waals surface area (Å²) in [4.78, 5) is 12.0. The van der Waals surface area contributed by atoms with Gasteiger partial charge in [-0.2, -0.15) is 10.1 Å². The van der Waals surface area contributed by atoms with Gasteiger partial charge in [-0.3, -0.25) is 10.00 Å². The van der Waals surface area contributed by atoms with Crippen LogP contribution in [0, 0.1) is 0 Å². The Morgan fingerprint density at radius 1 is 1.03 bits per heavy atom. The monoisotopic (exact) mass is 455 g/mol. The number of likely N-dealkylation sites (tertiary alicyclic amines) is 1. The van der Waals surface area contributed by atoms with Crippen molar-refractivity contribution < 1.29 is 0 Å². The Hall–Kier alpha value is -3.49. The molecule has 1 aliphatic heterocycles. The van der Waals surface area contributed by atoms with Crippen LogP contribution in [0.3, 0.4) is 0 Å². The standard InChI is InChI=1S/C25H25N7S/c26-25-27-7-6-23(30-25)29-19-11-18-14-28-31-24(18)20(13-19)22-12-17-10-16(4-5-21(17)33-22)15-32-8-2-1-3-9-32/h4-7,10-14H,1-3,8-9,15H2,(H,28,31)(H3,26,27,29,30). The minimum Gasteiger partial charge on any atom is -0.368 e. The van der Waals surface area contributed by atoms with E-state index in [2.05, 4.69) is 66.8 Å². The number of nitrogens with two attached hydrogens (primary N) is 1. The molecule has 2 aromatic carbocycles. The van der Waals surface area contributed by atoms with Crippen molar-refractivity contribution in [2.45, 2.75) is 25.8 Å². The summed E-state index contributed by atoms with van der Waals surface area (Å²) >= 11 is 1.81. The molecule has 0 saturated carbocycles. The number of fused-ring (bicyclic) bond motifs is 2. The quantitative estimate of drug-likeness (QED) is 0.322. The molecule has 5 aromatic rings. The molecule has 8 heteroatoms. The second kappa shape index (κ2) is 8.46. The normalized spacial score (nSPS) is 14.8. The van der Waals surface area contributed by atoms with E-state index in [0.717, 1.165) is 28.7 Å². The topological polar surface area (TPSA) is 95.8 Å². The zero-order valence-electron chi connectivity index (χ0n) is 18.2. The van der Waals surface area contributed by atoms with E-state index in [1.54, 1.807) is 23.6 Å². The molecule has 1 fully saturated rings. The molecule has 7 nitrogen and oxygen atoms in total. The molecule has 0 bridgehead atoms. The molecule has 166 valence electrons. The second-order valence-corrected chi connectivity index (χ2v) is 9.69. The molecule has 4 heterocycles. The van der Waals surface area contributed by atoms with Gasteiger partial charge in [0.2, 0.25) is 5.95 Å². The maximum atomic E-state index is 5.74. The van der Waals surface area contributed by atoms with Crippen LogP contribution in [-0.4, -0.2) is 38.2 Å². The van der Waals surface area contributed by atoms with Crippen LogP contribution in [0.1, 0.15) is 24.8 Å². The molecule has 0 amide bonds. The Labute approximate surface area is 195 Å². The second-order valence-electron chi connectivity index (χ2n) is 8.60. The van der Waals surface area contributed by atoms with Gasteiger partial charge in [0.1, 0.15) is 5.82 Å². The molecule has 3 aromatic heterocycles. The van der Waals surface area contributed by atoms with E-state index in [0.29, 0.717) is 5.82 Å². The lowest BCUT2D eigenvalue weighted by Gasteiger charge is -2.26. The number of H-pyrrole nitrogens is 1. The minimum absolute atomic E-state index is 0.245. The van der Waals surface area contributed by atoms with Gasteiger partial charge in [-0.1, -0.05) is 12.5 Å². The molecular formula is C25H25N7S. The van der Waals surface area contributed by atoms with Crippen molar-refractivity contribution >= 4 is 49.8 Å². The summed E-state index contributed by atoms with van der Waals surface area (Å²) in [6.07, 6.45) is 7.50. The number of aromatic amines is 1. The maximum absolute atomic E-state index is 5.74. The zero-order valence-corrected chi connectivity index (χ0v) is 19.0. The predicted molar refractivity (Wildman–Crippen MR) is 136 cm³/mol. The fourth-order valence-electron chi connectivity index (χ4n) is 4.61. The summed E-state index contributed by atoms with van der Waals surface area (Å²) in [6, 6.07) is 15.2. The van der Waals surface area contributed by atoms with Crippen LogP contribution in [0.2, 0.25) is 0 Å². The van der Waals surface area contributed by atoms with Gasteiger partial charge in [0.25, 0.3) is 0 Å². The third-order valence-corrected chi connectivity index (χ3v) is 7.35. The highest BCUT2D eigenvalue weighted by molar-refractivity contribution is 7.22. The number of hydrogen-bond acceptors (Lipinski definition) is 7. The summed E-state index contributed by atoms with van der Waals surface area (Å²) < 4.78 is 1.29. The molecule has 33 heavy (non-hydrogen) atoms.